The summed E-state index contributed by atoms with van der Waals surface area (Å²) >= 11 is 0. The Balaban J connectivity index is 2.36. The van der Waals surface area contributed by atoms with Crippen LogP contribution < -0.4 is 5.32 Å². The van der Waals surface area contributed by atoms with Crippen LogP contribution >= 0.6 is 0 Å². The molecule has 1 amide bonds. The van der Waals surface area contributed by atoms with Crippen LogP contribution in [0.5, 0.6) is 0 Å². The van der Waals surface area contributed by atoms with E-state index in [1.54, 1.807) is 6.07 Å². The average Bonchev–Trinajstić information content (AvgIpc) is 2.92. The molecule has 1 aliphatic heterocycles. The molecule has 0 spiro atoms. The molecule has 0 saturated carbocycles. The Bertz CT molecular complexity index is 551. The predicted octanol–water partition coefficient (Wildman–Crippen LogP) is -1.68. The normalized spacial score (nSPS) is 29.1. The quantitative estimate of drug-likeness (QED) is 0.519. The fraction of sp³-hybridized carbons (Fsp3) is 0.545. The van der Waals surface area contributed by atoms with E-state index in [0.29, 0.717) is 0 Å². The van der Waals surface area contributed by atoms with Crippen LogP contribution in [0.15, 0.2) is 6.33 Å². The second-order valence-corrected chi connectivity index (χ2v) is 4.37. The number of hydrogen-bond acceptors (Lipinski definition) is 7. The monoisotopic (exact) mass is 282 g/mol. The number of aromatic nitrogens is 2. The van der Waals surface area contributed by atoms with Crippen LogP contribution in [-0.2, 0) is 9.53 Å². The van der Waals surface area contributed by atoms with Crippen LogP contribution in [0, 0.1) is 11.3 Å². The van der Waals surface area contributed by atoms with Crippen molar-refractivity contribution in [2.24, 2.45) is 0 Å². The van der Waals surface area contributed by atoms with Gasteiger partial charge in [-0.1, -0.05) is 0 Å². The molecule has 9 nitrogen and oxygen atoms in total. The molecule has 1 aromatic heterocycles. The number of carbonyl (C=O) groups is 1. The molecule has 2 rings (SSSR count). The minimum absolute atomic E-state index is 0.0436. The molecule has 9 heteroatoms. The minimum atomic E-state index is -1.32. The number of rotatable bonds is 3. The number of nitrogens with one attached hydrogen (secondary N) is 1. The molecule has 0 unspecified atom stereocenters. The van der Waals surface area contributed by atoms with Gasteiger partial charge in [-0.3, -0.25) is 9.36 Å². The molecule has 0 aromatic carbocycles. The van der Waals surface area contributed by atoms with E-state index in [2.05, 4.69) is 10.3 Å². The van der Waals surface area contributed by atoms with Crippen LogP contribution in [0.2, 0.25) is 0 Å². The number of aliphatic hydroxyl groups is 3. The maximum Gasteiger partial charge on any atom is 0.222 e. The summed E-state index contributed by atoms with van der Waals surface area (Å²) in [6, 6.07) is 1.80. The number of nitriles is 1. The zero-order valence-electron chi connectivity index (χ0n) is 10.6. The van der Waals surface area contributed by atoms with E-state index in [4.69, 9.17) is 15.1 Å². The molecule has 1 fully saturated rings. The lowest BCUT2D eigenvalue weighted by molar-refractivity contribution is -0.114. The van der Waals surface area contributed by atoms with Gasteiger partial charge in [0.25, 0.3) is 0 Å². The molecule has 1 saturated heterocycles. The third-order valence-corrected chi connectivity index (χ3v) is 2.99. The van der Waals surface area contributed by atoms with Crippen molar-refractivity contribution in [2.45, 2.75) is 31.5 Å². The Morgan fingerprint density at radius 3 is 2.80 bits per heavy atom. The maximum atomic E-state index is 11.2. The topological polar surface area (TPSA) is 141 Å². The molecule has 20 heavy (non-hydrogen) atoms. The van der Waals surface area contributed by atoms with Crippen molar-refractivity contribution >= 4 is 11.7 Å². The van der Waals surface area contributed by atoms with Crippen LogP contribution in [0.25, 0.3) is 0 Å². The Hall–Kier alpha value is -1.99. The van der Waals surface area contributed by atoms with Gasteiger partial charge in [-0.25, -0.2) is 4.98 Å². The number of hydrogen-bond donors (Lipinski definition) is 4. The highest BCUT2D eigenvalue weighted by Gasteiger charge is 2.44. The Morgan fingerprint density at radius 1 is 1.60 bits per heavy atom. The summed E-state index contributed by atoms with van der Waals surface area (Å²) in [5.74, 6) is -0.357. The van der Waals surface area contributed by atoms with E-state index in [0.717, 1.165) is 0 Å². The smallest absolute Gasteiger partial charge is 0.222 e. The van der Waals surface area contributed by atoms with Gasteiger partial charge < -0.3 is 25.4 Å². The molecule has 4 N–H and O–H groups in total. The van der Waals surface area contributed by atoms with E-state index in [1.165, 1.54) is 17.8 Å². The largest absolute Gasteiger partial charge is 0.394 e. The average molecular weight is 282 g/mol. The lowest BCUT2D eigenvalue weighted by Crippen LogP contribution is -2.33. The summed E-state index contributed by atoms with van der Waals surface area (Å²) in [4.78, 5) is 15.0. The molecule has 0 radical (unpaired) electrons. The van der Waals surface area contributed by atoms with Crippen molar-refractivity contribution in [1.82, 2.24) is 9.55 Å². The highest BCUT2D eigenvalue weighted by molar-refractivity contribution is 5.88. The SMILES string of the molecule is CC(=O)Nc1c(C#N)ncn1[C@H]1O[C@@H](CO)[C@@H](O)[C@H]1O. The van der Waals surface area contributed by atoms with Gasteiger partial charge >= 0.3 is 0 Å². The first kappa shape index (κ1) is 14.4. The van der Waals surface area contributed by atoms with Crippen LogP contribution in [0.3, 0.4) is 0 Å². The van der Waals surface area contributed by atoms with Crippen molar-refractivity contribution in [2.75, 3.05) is 11.9 Å². The van der Waals surface area contributed by atoms with Crippen molar-refractivity contribution in [1.29, 1.82) is 5.26 Å². The first-order chi connectivity index (χ1) is 9.49. The summed E-state index contributed by atoms with van der Waals surface area (Å²) < 4.78 is 6.55. The van der Waals surface area contributed by atoms with Gasteiger partial charge in [0.2, 0.25) is 5.91 Å². The van der Waals surface area contributed by atoms with E-state index in [1.807, 2.05) is 0 Å². The van der Waals surface area contributed by atoms with Gasteiger partial charge in [0.15, 0.2) is 17.7 Å². The van der Waals surface area contributed by atoms with Crippen molar-refractivity contribution in [3.63, 3.8) is 0 Å². The fourth-order valence-corrected chi connectivity index (χ4v) is 2.04. The lowest BCUT2D eigenvalue weighted by atomic mass is 10.1. The van der Waals surface area contributed by atoms with Crippen molar-refractivity contribution < 1.29 is 24.9 Å². The van der Waals surface area contributed by atoms with Gasteiger partial charge in [0.1, 0.15) is 30.7 Å². The van der Waals surface area contributed by atoms with Crippen LogP contribution in [-0.4, -0.2) is 55.7 Å². The van der Waals surface area contributed by atoms with Crippen molar-refractivity contribution in [3.05, 3.63) is 12.0 Å². The third kappa shape index (κ3) is 2.37. The molecule has 108 valence electrons. The zero-order chi connectivity index (χ0) is 14.9. The molecule has 0 aliphatic carbocycles. The Labute approximate surface area is 114 Å². The number of carbonyl (C=O) groups excluding carboxylic acids is 1. The highest BCUT2D eigenvalue weighted by atomic mass is 16.6. The summed E-state index contributed by atoms with van der Waals surface area (Å²) in [5.41, 5.74) is -0.0436. The molecule has 2 heterocycles. The van der Waals surface area contributed by atoms with E-state index in [9.17, 15) is 15.0 Å². The summed E-state index contributed by atoms with van der Waals surface area (Å²) in [7, 11) is 0. The van der Waals surface area contributed by atoms with Gasteiger partial charge in [-0.05, 0) is 0 Å². The van der Waals surface area contributed by atoms with Crippen LogP contribution in [0.4, 0.5) is 5.82 Å². The summed E-state index contributed by atoms with van der Waals surface area (Å²) in [5, 5.41) is 40.0. The first-order valence-corrected chi connectivity index (χ1v) is 5.86. The van der Waals surface area contributed by atoms with Gasteiger partial charge in [0.05, 0.1) is 6.61 Å². The van der Waals surface area contributed by atoms with Crippen LogP contribution in [0.1, 0.15) is 18.8 Å². The zero-order valence-corrected chi connectivity index (χ0v) is 10.6. The molecule has 1 aliphatic rings. The number of nitrogens with zero attached hydrogens (tertiary/aromatic N) is 3. The second kappa shape index (κ2) is 5.56. The second-order valence-electron chi connectivity index (χ2n) is 4.37. The number of ether oxygens (including phenoxy) is 1. The van der Waals surface area contributed by atoms with E-state index >= 15 is 0 Å². The minimum Gasteiger partial charge on any atom is -0.394 e. The lowest BCUT2D eigenvalue weighted by Gasteiger charge is -2.18. The van der Waals surface area contributed by atoms with E-state index < -0.39 is 37.1 Å². The Morgan fingerprint density at radius 2 is 2.30 bits per heavy atom. The van der Waals surface area contributed by atoms with Gasteiger partial charge in [0, 0.05) is 6.92 Å². The Kier molecular flexibility index (Phi) is 4.01. The standard InChI is InChI=1S/C11H14N4O5/c1-5(17)14-10-6(2-12)13-4-15(10)11-9(19)8(18)7(3-16)20-11/h4,7-9,11,16,18-19H,3H2,1H3,(H,14,17)/t7-,8+,9+,11-/m0/s1. The summed E-state index contributed by atoms with van der Waals surface area (Å²) in [6.07, 6.45) is -3.39. The van der Waals surface area contributed by atoms with Crippen molar-refractivity contribution in [3.8, 4) is 6.07 Å². The number of aliphatic hydroxyl groups excluding tert-OH is 3. The molecular weight excluding hydrogens is 268 g/mol. The predicted molar refractivity (Wildman–Crippen MR) is 64.3 cm³/mol. The molecule has 4 atom stereocenters. The van der Waals surface area contributed by atoms with Gasteiger partial charge in [-0.15, -0.1) is 0 Å². The molecule has 1 aromatic rings. The van der Waals surface area contributed by atoms with E-state index in [-0.39, 0.29) is 11.5 Å². The third-order valence-electron chi connectivity index (χ3n) is 2.99. The van der Waals surface area contributed by atoms with Gasteiger partial charge in [-0.2, -0.15) is 5.26 Å². The molecular formula is C11H14N4O5. The number of imidazole rings is 1. The highest BCUT2D eigenvalue weighted by Crippen LogP contribution is 2.32. The molecule has 0 bridgehead atoms. The first-order valence-electron chi connectivity index (χ1n) is 5.86. The maximum absolute atomic E-state index is 11.2. The number of amides is 1. The fourth-order valence-electron chi connectivity index (χ4n) is 2.04. The summed E-state index contributed by atoms with van der Waals surface area (Å²) in [6.45, 7) is 0.791. The number of anilines is 1.